The predicted octanol–water partition coefficient (Wildman–Crippen LogP) is 6.68. The molecule has 4 nitrogen and oxygen atoms in total. The summed E-state index contributed by atoms with van der Waals surface area (Å²) in [6, 6.07) is 0. The van der Waals surface area contributed by atoms with Crippen molar-refractivity contribution in [2.24, 2.45) is 45.7 Å². The molecule has 0 saturated heterocycles. The van der Waals surface area contributed by atoms with Crippen molar-refractivity contribution in [3.05, 3.63) is 0 Å². The van der Waals surface area contributed by atoms with Crippen molar-refractivity contribution < 1.29 is 4.79 Å². The van der Waals surface area contributed by atoms with Crippen molar-refractivity contribution in [1.82, 2.24) is 4.90 Å². The summed E-state index contributed by atoms with van der Waals surface area (Å²) < 4.78 is 0. The molecule has 2 bridgehead atoms. The van der Waals surface area contributed by atoms with Gasteiger partial charge in [-0.05, 0) is 80.0 Å². The van der Waals surface area contributed by atoms with Gasteiger partial charge in [-0.3, -0.25) is 9.69 Å². The monoisotopic (exact) mass is 455 g/mol. The van der Waals surface area contributed by atoms with E-state index in [0.29, 0.717) is 17.3 Å². The molecule has 6 rings (SSSR count). The number of guanidine groups is 1. The summed E-state index contributed by atoms with van der Waals surface area (Å²) in [4.78, 5) is 21.1. The number of nitrogens with zero attached hydrogens (tertiary/aromatic N) is 2. The third kappa shape index (κ3) is 4.61. The van der Waals surface area contributed by atoms with Crippen LogP contribution in [0.2, 0.25) is 0 Å². The first kappa shape index (κ1) is 23.7. The Hall–Kier alpha value is -1.06. The number of rotatable bonds is 8. The van der Waals surface area contributed by atoms with Crippen molar-refractivity contribution >= 4 is 11.9 Å². The number of fused-ring (bicyclic) bond motifs is 2. The minimum atomic E-state index is -0.564. The Bertz CT molecular complexity index is 707. The van der Waals surface area contributed by atoms with Crippen LogP contribution in [0.25, 0.3) is 0 Å². The zero-order chi connectivity index (χ0) is 23.1. The number of hydrogen-bond donors (Lipinski definition) is 1. The van der Waals surface area contributed by atoms with E-state index in [1.54, 1.807) is 0 Å². The Kier molecular flexibility index (Phi) is 6.84. The van der Waals surface area contributed by atoms with Crippen LogP contribution in [-0.2, 0) is 4.79 Å². The van der Waals surface area contributed by atoms with Gasteiger partial charge < -0.3 is 5.73 Å². The minimum Gasteiger partial charge on any atom is -0.369 e. The summed E-state index contributed by atoms with van der Waals surface area (Å²) >= 11 is 0. The van der Waals surface area contributed by atoms with Crippen LogP contribution in [0, 0.1) is 35.0 Å². The normalized spacial score (nSPS) is 34.2. The minimum absolute atomic E-state index is 0.255. The lowest BCUT2D eigenvalue weighted by Gasteiger charge is -2.60. The number of carbonyl (C=O) groups excluding carboxylic acids is 1. The molecule has 3 atom stereocenters. The van der Waals surface area contributed by atoms with E-state index in [1.807, 2.05) is 4.90 Å². The van der Waals surface area contributed by atoms with Crippen molar-refractivity contribution in [2.75, 3.05) is 6.54 Å². The maximum absolute atomic E-state index is 14.1. The third-order valence-electron chi connectivity index (χ3n) is 11.0. The average Bonchev–Trinajstić information content (AvgIpc) is 3.07. The molecule has 2 N–H and O–H groups in total. The van der Waals surface area contributed by atoms with Gasteiger partial charge in [-0.15, -0.1) is 0 Å². The molecule has 33 heavy (non-hydrogen) atoms. The molecule has 1 amide bonds. The maximum atomic E-state index is 14.1. The molecule has 0 radical (unpaired) electrons. The molecule has 0 spiro atoms. The molecule has 5 aliphatic carbocycles. The number of aliphatic imine (C=N–C) groups is 1. The lowest BCUT2D eigenvalue weighted by molar-refractivity contribution is -0.137. The first-order valence-corrected chi connectivity index (χ1v) is 14.6. The molecule has 6 aliphatic rings. The zero-order valence-corrected chi connectivity index (χ0v) is 21.5. The molecular formula is C29H49N3O. The van der Waals surface area contributed by atoms with Crippen LogP contribution in [0.15, 0.2) is 4.99 Å². The number of nitrogens with two attached hydrogens (primary N) is 1. The summed E-state index contributed by atoms with van der Waals surface area (Å²) in [5, 5.41) is 0. The van der Waals surface area contributed by atoms with Crippen LogP contribution in [0.5, 0.6) is 0 Å². The second-order valence-electron chi connectivity index (χ2n) is 13.2. The van der Waals surface area contributed by atoms with Gasteiger partial charge in [0.1, 0.15) is 5.54 Å². The first-order chi connectivity index (χ1) is 15.9. The van der Waals surface area contributed by atoms with Gasteiger partial charge >= 0.3 is 0 Å². The van der Waals surface area contributed by atoms with Gasteiger partial charge in [-0.1, -0.05) is 78.1 Å². The Morgan fingerprint density at radius 2 is 1.45 bits per heavy atom. The van der Waals surface area contributed by atoms with Crippen LogP contribution in [-0.4, -0.2) is 28.9 Å². The van der Waals surface area contributed by atoms with E-state index in [1.165, 1.54) is 83.5 Å². The average molecular weight is 456 g/mol. The van der Waals surface area contributed by atoms with E-state index in [0.717, 1.165) is 55.9 Å². The standard InChI is InChI=1S/C29H49N3O/c1-28(2)24-14-13-23(25(28)19-24)20-32-26(33)29(31-27(32)30,17-15-21-9-5-3-6-10-21)18-16-22-11-7-4-8-12-22/h21-25H,3-20H2,1-2H3,(H2,30,31)/t23-,24-,25-/m0/s1. The van der Waals surface area contributed by atoms with E-state index in [-0.39, 0.29) is 5.91 Å². The topological polar surface area (TPSA) is 58.7 Å². The predicted molar refractivity (Wildman–Crippen MR) is 136 cm³/mol. The third-order valence-corrected chi connectivity index (χ3v) is 11.0. The van der Waals surface area contributed by atoms with E-state index in [2.05, 4.69) is 13.8 Å². The van der Waals surface area contributed by atoms with Crippen LogP contribution in [0.3, 0.4) is 0 Å². The molecule has 5 fully saturated rings. The second-order valence-corrected chi connectivity index (χ2v) is 13.2. The van der Waals surface area contributed by atoms with Gasteiger partial charge in [0.2, 0.25) is 0 Å². The van der Waals surface area contributed by atoms with Gasteiger partial charge in [0.25, 0.3) is 5.91 Å². The fraction of sp³-hybridized carbons (Fsp3) is 0.931. The summed E-state index contributed by atoms with van der Waals surface area (Å²) in [5.41, 5.74) is 6.44. The summed E-state index contributed by atoms with van der Waals surface area (Å²) in [5.74, 6) is 4.59. The van der Waals surface area contributed by atoms with Gasteiger partial charge in [-0.2, -0.15) is 0 Å². The Labute approximate surface area is 202 Å². The maximum Gasteiger partial charge on any atom is 0.257 e. The highest BCUT2D eigenvalue weighted by Gasteiger charge is 2.56. The van der Waals surface area contributed by atoms with Crippen LogP contribution in [0.4, 0.5) is 0 Å². The molecule has 0 aromatic carbocycles. The van der Waals surface area contributed by atoms with E-state index in [4.69, 9.17) is 10.7 Å². The van der Waals surface area contributed by atoms with Crippen LogP contribution < -0.4 is 5.73 Å². The van der Waals surface area contributed by atoms with Crippen LogP contribution >= 0.6 is 0 Å². The highest BCUT2D eigenvalue weighted by molar-refractivity contribution is 6.06. The molecule has 4 heteroatoms. The van der Waals surface area contributed by atoms with Crippen molar-refractivity contribution in [3.8, 4) is 0 Å². The molecule has 186 valence electrons. The fourth-order valence-electron chi connectivity index (χ4n) is 8.56. The van der Waals surface area contributed by atoms with E-state index >= 15 is 0 Å². The molecule has 0 aromatic heterocycles. The molecule has 1 aliphatic heterocycles. The Morgan fingerprint density at radius 1 is 0.879 bits per heavy atom. The van der Waals surface area contributed by atoms with E-state index in [9.17, 15) is 4.79 Å². The first-order valence-electron chi connectivity index (χ1n) is 14.6. The lowest BCUT2D eigenvalue weighted by Crippen LogP contribution is -2.56. The van der Waals surface area contributed by atoms with Crippen molar-refractivity contribution in [1.29, 1.82) is 0 Å². The van der Waals surface area contributed by atoms with Gasteiger partial charge in [0.15, 0.2) is 5.96 Å². The van der Waals surface area contributed by atoms with Crippen molar-refractivity contribution in [2.45, 2.75) is 129 Å². The molecule has 0 aromatic rings. The summed E-state index contributed by atoms with van der Waals surface area (Å²) in [6.45, 7) is 5.70. The number of carbonyl (C=O) groups is 1. The summed E-state index contributed by atoms with van der Waals surface area (Å²) in [7, 11) is 0. The highest BCUT2D eigenvalue weighted by atomic mass is 16.2. The molecule has 1 heterocycles. The number of amides is 1. The van der Waals surface area contributed by atoms with Gasteiger partial charge in [0.05, 0.1) is 0 Å². The lowest BCUT2D eigenvalue weighted by atomic mass is 9.45. The largest absolute Gasteiger partial charge is 0.369 e. The van der Waals surface area contributed by atoms with Gasteiger partial charge in [0, 0.05) is 6.54 Å². The highest BCUT2D eigenvalue weighted by Crippen LogP contribution is 2.61. The Morgan fingerprint density at radius 3 is 1.97 bits per heavy atom. The van der Waals surface area contributed by atoms with E-state index < -0.39 is 5.54 Å². The molecular weight excluding hydrogens is 406 g/mol. The van der Waals surface area contributed by atoms with Crippen LogP contribution in [0.1, 0.15) is 123 Å². The SMILES string of the molecule is CC1(C)[C@H]2CC[C@@H](CN3C(=O)C(CCC4CCCCC4)(CCC4CCCCC4)N=C3N)[C@@H]1C2. The smallest absolute Gasteiger partial charge is 0.257 e. The summed E-state index contributed by atoms with van der Waals surface area (Å²) in [6.07, 6.45) is 21.7. The van der Waals surface area contributed by atoms with Crippen molar-refractivity contribution in [3.63, 3.8) is 0 Å². The number of hydrogen-bond acceptors (Lipinski definition) is 3. The fourth-order valence-corrected chi connectivity index (χ4v) is 8.56. The second kappa shape index (κ2) is 9.53. The van der Waals surface area contributed by atoms with Gasteiger partial charge in [-0.25, -0.2) is 4.99 Å². The molecule has 5 saturated carbocycles. The quantitative estimate of drug-likeness (QED) is 0.444. The Balaban J connectivity index is 1.28. The molecule has 0 unspecified atom stereocenters. The zero-order valence-electron chi connectivity index (χ0n) is 21.5.